The lowest BCUT2D eigenvalue weighted by atomic mass is 10.3. The fraction of sp³-hybridized carbons (Fsp3) is 0.455. The Morgan fingerprint density at radius 3 is 2.53 bits per heavy atom. The van der Waals surface area contributed by atoms with Crippen LogP contribution in [0.5, 0.6) is 0 Å². The molecule has 1 aromatic rings. The first-order chi connectivity index (χ1) is 8.97. The molecule has 0 bridgehead atoms. The molecule has 5 nitrogen and oxygen atoms in total. The molecule has 0 aromatic carbocycles. The number of alkyl halides is 3. The van der Waals surface area contributed by atoms with E-state index in [0.29, 0.717) is 32.4 Å². The van der Waals surface area contributed by atoms with E-state index in [9.17, 15) is 18.0 Å². The van der Waals surface area contributed by atoms with Crippen LogP contribution in [0.1, 0.15) is 5.56 Å². The summed E-state index contributed by atoms with van der Waals surface area (Å²) in [4.78, 5) is 16.9. The summed E-state index contributed by atoms with van der Waals surface area (Å²) in [6.45, 7) is 2.53. The number of hydrogen-bond acceptors (Lipinski definition) is 3. The summed E-state index contributed by atoms with van der Waals surface area (Å²) in [5.74, 6) is 0.108. The van der Waals surface area contributed by atoms with Gasteiger partial charge in [0.2, 0.25) is 0 Å². The number of nitrogens with zero attached hydrogens (tertiary/aromatic N) is 2. The van der Waals surface area contributed by atoms with Gasteiger partial charge in [0, 0.05) is 32.4 Å². The second kappa shape index (κ2) is 5.43. The maximum atomic E-state index is 12.3. The van der Waals surface area contributed by atoms with E-state index in [1.54, 1.807) is 4.90 Å². The van der Waals surface area contributed by atoms with E-state index in [1.807, 2.05) is 0 Å². The average Bonchev–Trinajstić information content (AvgIpc) is 2.39. The highest BCUT2D eigenvalue weighted by atomic mass is 19.4. The fourth-order valence-corrected chi connectivity index (χ4v) is 1.69. The van der Waals surface area contributed by atoms with E-state index in [1.165, 1.54) is 0 Å². The van der Waals surface area contributed by atoms with Gasteiger partial charge in [-0.15, -0.1) is 0 Å². The lowest BCUT2D eigenvalue weighted by Gasteiger charge is -2.27. The number of pyridine rings is 1. The summed E-state index contributed by atoms with van der Waals surface area (Å²) < 4.78 is 37.0. The second-order valence-electron chi connectivity index (χ2n) is 4.10. The van der Waals surface area contributed by atoms with Crippen LogP contribution >= 0.6 is 0 Å². The van der Waals surface area contributed by atoms with E-state index in [2.05, 4.69) is 15.6 Å². The quantitative estimate of drug-likeness (QED) is 0.816. The van der Waals surface area contributed by atoms with Crippen LogP contribution in [0, 0.1) is 0 Å². The van der Waals surface area contributed by atoms with Crippen LogP contribution in [0.4, 0.5) is 23.8 Å². The van der Waals surface area contributed by atoms with Gasteiger partial charge in [0.05, 0.1) is 5.56 Å². The van der Waals surface area contributed by atoms with Gasteiger partial charge in [0.25, 0.3) is 0 Å². The Hall–Kier alpha value is -1.83. The monoisotopic (exact) mass is 274 g/mol. The van der Waals surface area contributed by atoms with E-state index < -0.39 is 11.7 Å². The lowest BCUT2D eigenvalue weighted by Crippen LogP contribution is -2.48. The van der Waals surface area contributed by atoms with Gasteiger partial charge < -0.3 is 10.2 Å². The Morgan fingerprint density at radius 1 is 1.32 bits per heavy atom. The molecule has 0 saturated carbocycles. The third kappa shape index (κ3) is 3.57. The van der Waals surface area contributed by atoms with Crippen LogP contribution in [0.25, 0.3) is 0 Å². The first-order valence-electron chi connectivity index (χ1n) is 5.77. The molecule has 0 atom stereocenters. The van der Waals surface area contributed by atoms with E-state index in [4.69, 9.17) is 0 Å². The largest absolute Gasteiger partial charge is 0.417 e. The molecule has 0 unspecified atom stereocenters. The molecular weight excluding hydrogens is 261 g/mol. The van der Waals surface area contributed by atoms with Gasteiger partial charge >= 0.3 is 12.2 Å². The van der Waals surface area contributed by atoms with Crippen molar-refractivity contribution in [2.45, 2.75) is 6.18 Å². The number of urea groups is 1. The molecule has 1 aliphatic rings. The van der Waals surface area contributed by atoms with Crippen molar-refractivity contribution >= 4 is 11.8 Å². The van der Waals surface area contributed by atoms with Crippen LogP contribution in [-0.2, 0) is 6.18 Å². The van der Waals surface area contributed by atoms with Gasteiger partial charge in [-0.05, 0) is 12.1 Å². The lowest BCUT2D eigenvalue weighted by molar-refractivity contribution is -0.137. The van der Waals surface area contributed by atoms with Crippen molar-refractivity contribution in [2.75, 3.05) is 31.5 Å². The maximum Gasteiger partial charge on any atom is 0.417 e. The predicted octanol–water partition coefficient (Wildman–Crippen LogP) is 1.54. The van der Waals surface area contributed by atoms with Crippen molar-refractivity contribution in [3.8, 4) is 0 Å². The number of rotatable bonds is 1. The smallest absolute Gasteiger partial charge is 0.322 e. The summed E-state index contributed by atoms with van der Waals surface area (Å²) in [7, 11) is 0. The number of piperazine rings is 1. The van der Waals surface area contributed by atoms with Gasteiger partial charge in [-0.25, -0.2) is 9.78 Å². The summed E-state index contributed by atoms with van der Waals surface area (Å²) in [6.07, 6.45) is -3.72. The molecule has 104 valence electrons. The van der Waals surface area contributed by atoms with Crippen LogP contribution in [0.3, 0.4) is 0 Å². The Balaban J connectivity index is 1.97. The molecule has 0 radical (unpaired) electrons. The first-order valence-corrected chi connectivity index (χ1v) is 5.77. The van der Waals surface area contributed by atoms with Crippen molar-refractivity contribution in [3.05, 3.63) is 23.9 Å². The molecule has 0 aliphatic carbocycles. The SMILES string of the molecule is O=C(Nc1ccc(C(F)(F)F)cn1)N1CCNCC1. The number of halogens is 3. The highest BCUT2D eigenvalue weighted by Crippen LogP contribution is 2.28. The normalized spacial score (nSPS) is 16.3. The van der Waals surface area contributed by atoms with E-state index >= 15 is 0 Å². The van der Waals surface area contributed by atoms with Gasteiger partial charge in [-0.3, -0.25) is 5.32 Å². The van der Waals surface area contributed by atoms with Crippen molar-refractivity contribution in [3.63, 3.8) is 0 Å². The topological polar surface area (TPSA) is 57.3 Å². The minimum Gasteiger partial charge on any atom is -0.322 e. The zero-order chi connectivity index (χ0) is 13.9. The number of hydrogen-bond donors (Lipinski definition) is 2. The number of anilines is 1. The third-order valence-corrected chi connectivity index (χ3v) is 2.73. The van der Waals surface area contributed by atoms with E-state index in [-0.39, 0.29) is 11.8 Å². The molecule has 0 spiro atoms. The summed E-state index contributed by atoms with van der Waals surface area (Å²) in [5.41, 5.74) is -0.840. The van der Waals surface area contributed by atoms with Crippen molar-refractivity contribution in [1.29, 1.82) is 0 Å². The molecule has 2 heterocycles. The molecule has 2 rings (SSSR count). The summed E-state index contributed by atoms with van der Waals surface area (Å²) >= 11 is 0. The van der Waals surface area contributed by atoms with E-state index in [0.717, 1.165) is 12.1 Å². The molecule has 2 N–H and O–H groups in total. The van der Waals surface area contributed by atoms with Gasteiger partial charge in [0.1, 0.15) is 5.82 Å². The number of carbonyl (C=O) groups excluding carboxylic acids is 1. The van der Waals surface area contributed by atoms with Crippen molar-refractivity contribution in [2.24, 2.45) is 0 Å². The minimum atomic E-state index is -4.42. The molecule has 1 fully saturated rings. The fourth-order valence-electron chi connectivity index (χ4n) is 1.69. The number of amides is 2. The maximum absolute atomic E-state index is 12.3. The van der Waals surface area contributed by atoms with Crippen molar-refractivity contribution in [1.82, 2.24) is 15.2 Å². The molecule has 1 aliphatic heterocycles. The molecule has 8 heteroatoms. The Bertz CT molecular complexity index is 440. The number of carbonyl (C=O) groups is 1. The molecule has 1 aromatic heterocycles. The van der Waals surface area contributed by atoms with Gasteiger partial charge in [0.15, 0.2) is 0 Å². The van der Waals surface area contributed by atoms with Crippen molar-refractivity contribution < 1.29 is 18.0 Å². The van der Waals surface area contributed by atoms with Crippen LogP contribution in [0.15, 0.2) is 18.3 Å². The molecule has 19 heavy (non-hydrogen) atoms. The zero-order valence-electron chi connectivity index (χ0n) is 10.00. The third-order valence-electron chi connectivity index (χ3n) is 2.73. The number of nitrogens with one attached hydrogen (secondary N) is 2. The van der Waals surface area contributed by atoms with Gasteiger partial charge in [-0.1, -0.05) is 0 Å². The standard InChI is InChI=1S/C11H13F3N4O/c12-11(13,14)8-1-2-9(16-7-8)17-10(19)18-5-3-15-4-6-18/h1-2,7,15H,3-6H2,(H,16,17,19). The van der Waals surface area contributed by atoms with Crippen LogP contribution in [-0.4, -0.2) is 42.1 Å². The highest BCUT2D eigenvalue weighted by molar-refractivity contribution is 5.88. The minimum absolute atomic E-state index is 0.108. The summed E-state index contributed by atoms with van der Waals surface area (Å²) in [6, 6.07) is 1.68. The Morgan fingerprint density at radius 2 is 2.00 bits per heavy atom. The molecular formula is C11H13F3N4O. The van der Waals surface area contributed by atoms with Crippen LogP contribution in [0.2, 0.25) is 0 Å². The van der Waals surface area contributed by atoms with Crippen LogP contribution < -0.4 is 10.6 Å². The number of aromatic nitrogens is 1. The Kier molecular flexibility index (Phi) is 3.89. The second-order valence-corrected chi connectivity index (χ2v) is 4.10. The predicted molar refractivity (Wildman–Crippen MR) is 62.7 cm³/mol. The molecule has 2 amide bonds. The summed E-state index contributed by atoms with van der Waals surface area (Å²) in [5, 5.41) is 5.57. The van der Waals surface area contributed by atoms with Gasteiger partial charge in [-0.2, -0.15) is 13.2 Å². The first kappa shape index (κ1) is 13.6. The zero-order valence-corrected chi connectivity index (χ0v) is 10.00. The molecule has 1 saturated heterocycles. The highest BCUT2D eigenvalue weighted by Gasteiger charge is 2.30. The average molecular weight is 274 g/mol. The Labute approximate surface area is 107 Å².